The molecule has 1 unspecified atom stereocenters. The largest absolute Gasteiger partial charge is 0.464 e. The Bertz CT molecular complexity index is 561. The van der Waals surface area contributed by atoms with Gasteiger partial charge in [0.15, 0.2) is 0 Å². The zero-order valence-electron chi connectivity index (χ0n) is 12.8. The van der Waals surface area contributed by atoms with Gasteiger partial charge in [-0.1, -0.05) is 13.8 Å². The van der Waals surface area contributed by atoms with Crippen molar-refractivity contribution in [3.8, 4) is 0 Å². The van der Waals surface area contributed by atoms with Gasteiger partial charge in [0.2, 0.25) is 10.0 Å². The predicted molar refractivity (Wildman–Crippen MR) is 86.1 cm³/mol. The van der Waals surface area contributed by atoms with Gasteiger partial charge in [0.1, 0.15) is 16.4 Å². The molecule has 0 radical (unpaired) electrons. The van der Waals surface area contributed by atoms with Crippen molar-refractivity contribution in [1.82, 2.24) is 10.0 Å². The first-order valence-electron chi connectivity index (χ1n) is 7.31. The molecule has 0 spiro atoms. The van der Waals surface area contributed by atoms with Crippen molar-refractivity contribution in [2.45, 2.75) is 57.1 Å². The summed E-state index contributed by atoms with van der Waals surface area (Å²) < 4.78 is 33.3. The van der Waals surface area contributed by atoms with Gasteiger partial charge in [0, 0.05) is 23.9 Å². The molecule has 120 valence electrons. The molecule has 1 aliphatic rings. The van der Waals surface area contributed by atoms with Crippen LogP contribution in [0.25, 0.3) is 0 Å². The highest BCUT2D eigenvalue weighted by atomic mass is 32.2. The van der Waals surface area contributed by atoms with E-state index in [4.69, 9.17) is 4.42 Å². The van der Waals surface area contributed by atoms with Crippen LogP contribution in [0.2, 0.25) is 0 Å². The van der Waals surface area contributed by atoms with E-state index in [2.05, 4.69) is 10.0 Å². The van der Waals surface area contributed by atoms with Gasteiger partial charge in [0.25, 0.3) is 0 Å². The molecule has 2 rings (SSSR count). The van der Waals surface area contributed by atoms with Gasteiger partial charge < -0.3 is 9.73 Å². The molecule has 1 fully saturated rings. The first-order chi connectivity index (χ1) is 9.88. The fraction of sp³-hybridized carbons (Fsp3) is 0.714. The first kappa shape index (κ1) is 16.9. The van der Waals surface area contributed by atoms with Crippen LogP contribution in [-0.2, 0) is 16.6 Å². The smallest absolute Gasteiger partial charge is 0.244 e. The molecule has 5 nitrogen and oxygen atoms in total. The van der Waals surface area contributed by atoms with Gasteiger partial charge >= 0.3 is 0 Å². The van der Waals surface area contributed by atoms with Gasteiger partial charge in [-0.3, -0.25) is 0 Å². The van der Waals surface area contributed by atoms with E-state index in [1.165, 1.54) is 0 Å². The molecule has 1 aromatic heterocycles. The van der Waals surface area contributed by atoms with Crippen LogP contribution in [-0.4, -0.2) is 32.0 Å². The normalized spacial score (nSPS) is 20.1. The molecule has 2 heterocycles. The molecule has 1 saturated heterocycles. The summed E-state index contributed by atoms with van der Waals surface area (Å²) in [5.74, 6) is 3.07. The number of furan rings is 1. The molecule has 7 heteroatoms. The molecule has 2 N–H and O–H groups in total. The highest BCUT2D eigenvalue weighted by Crippen LogP contribution is 2.23. The summed E-state index contributed by atoms with van der Waals surface area (Å²) >= 11 is 1.80. The average molecular weight is 332 g/mol. The van der Waals surface area contributed by atoms with Crippen LogP contribution in [0.3, 0.4) is 0 Å². The summed E-state index contributed by atoms with van der Waals surface area (Å²) in [6.07, 6.45) is 1.97. The fourth-order valence-corrected chi connectivity index (χ4v) is 4.95. The minimum atomic E-state index is -3.49. The number of rotatable bonds is 6. The zero-order chi connectivity index (χ0) is 15.5. The maximum atomic E-state index is 12.5. The fourth-order valence-electron chi connectivity index (χ4n) is 2.30. The third-order valence-corrected chi connectivity index (χ3v) is 6.22. The lowest BCUT2D eigenvalue weighted by molar-refractivity contribution is 0.443. The van der Waals surface area contributed by atoms with Crippen molar-refractivity contribution >= 4 is 21.8 Å². The summed E-state index contributed by atoms with van der Waals surface area (Å²) in [5.41, 5.74) is 0. The maximum Gasteiger partial charge on any atom is 0.244 e. The highest BCUT2D eigenvalue weighted by molar-refractivity contribution is 7.99. The summed E-state index contributed by atoms with van der Waals surface area (Å²) in [6, 6.07) is 1.98. The Morgan fingerprint density at radius 3 is 2.86 bits per heavy atom. The number of sulfonamides is 1. The predicted octanol–water partition coefficient (Wildman–Crippen LogP) is 2.26. The van der Waals surface area contributed by atoms with Gasteiger partial charge in [-0.2, -0.15) is 11.8 Å². The second-order valence-electron chi connectivity index (χ2n) is 5.70. The monoisotopic (exact) mass is 332 g/mol. The Morgan fingerprint density at radius 1 is 1.48 bits per heavy atom. The van der Waals surface area contributed by atoms with Crippen molar-refractivity contribution in [3.63, 3.8) is 0 Å². The van der Waals surface area contributed by atoms with E-state index in [9.17, 15) is 8.42 Å². The van der Waals surface area contributed by atoms with Crippen molar-refractivity contribution in [2.75, 3.05) is 11.5 Å². The molecule has 0 aliphatic carbocycles. The zero-order valence-corrected chi connectivity index (χ0v) is 14.4. The molecular weight excluding hydrogens is 308 g/mol. The second kappa shape index (κ2) is 7.17. The highest BCUT2D eigenvalue weighted by Gasteiger charge is 2.26. The maximum absolute atomic E-state index is 12.5. The molecule has 0 saturated carbocycles. The van der Waals surface area contributed by atoms with Gasteiger partial charge in [0.05, 0.1) is 6.54 Å². The van der Waals surface area contributed by atoms with Crippen LogP contribution in [0.4, 0.5) is 0 Å². The molecule has 1 aliphatic heterocycles. The Morgan fingerprint density at radius 2 is 2.24 bits per heavy atom. The molecular formula is C14H24N2O3S2. The van der Waals surface area contributed by atoms with Crippen LogP contribution >= 0.6 is 11.8 Å². The van der Waals surface area contributed by atoms with E-state index in [1.807, 2.05) is 13.8 Å². The van der Waals surface area contributed by atoms with Crippen LogP contribution in [0.1, 0.15) is 38.2 Å². The minimum Gasteiger partial charge on any atom is -0.464 e. The number of nitrogens with one attached hydrogen (secondary N) is 2. The van der Waals surface area contributed by atoms with Crippen molar-refractivity contribution in [1.29, 1.82) is 0 Å². The topological polar surface area (TPSA) is 71.3 Å². The molecule has 1 aromatic rings. The summed E-state index contributed by atoms with van der Waals surface area (Å²) in [6.45, 7) is 6.31. The van der Waals surface area contributed by atoms with Gasteiger partial charge in [-0.05, 0) is 25.5 Å². The SMILES string of the molecule is Cc1oc(CNC(C)C)cc1S(=O)(=O)NC1CCCSC1. The van der Waals surface area contributed by atoms with Crippen molar-refractivity contribution in [3.05, 3.63) is 17.6 Å². The summed E-state index contributed by atoms with van der Waals surface area (Å²) in [5, 5.41) is 3.22. The third kappa shape index (κ3) is 4.74. The number of aryl methyl sites for hydroxylation is 1. The minimum absolute atomic E-state index is 0.0280. The van der Waals surface area contributed by atoms with Crippen molar-refractivity contribution in [2.24, 2.45) is 0 Å². The van der Waals surface area contributed by atoms with E-state index < -0.39 is 10.0 Å². The molecule has 0 bridgehead atoms. The second-order valence-corrected chi connectivity index (χ2v) is 8.54. The third-order valence-electron chi connectivity index (χ3n) is 3.38. The van der Waals surface area contributed by atoms with E-state index in [1.54, 1.807) is 24.8 Å². The Kier molecular flexibility index (Phi) is 5.76. The average Bonchev–Trinajstić information content (AvgIpc) is 2.79. The standard InChI is InChI=1S/C14H24N2O3S2/c1-10(2)15-8-13-7-14(11(3)19-13)21(17,18)16-12-5-4-6-20-9-12/h7,10,12,15-16H,4-6,8-9H2,1-3H3. The van der Waals surface area contributed by atoms with Crippen LogP contribution < -0.4 is 10.0 Å². The van der Waals surface area contributed by atoms with Gasteiger partial charge in [-0.25, -0.2) is 13.1 Å². The molecule has 0 amide bonds. The van der Waals surface area contributed by atoms with E-state index in [-0.39, 0.29) is 10.9 Å². The van der Waals surface area contributed by atoms with E-state index in [0.29, 0.717) is 24.1 Å². The lowest BCUT2D eigenvalue weighted by Gasteiger charge is -2.22. The van der Waals surface area contributed by atoms with Gasteiger partial charge in [-0.15, -0.1) is 0 Å². The number of hydrogen-bond acceptors (Lipinski definition) is 5. The Labute approximate surface area is 131 Å². The Balaban J connectivity index is 2.08. The molecule has 0 aromatic carbocycles. The lowest BCUT2D eigenvalue weighted by Crippen LogP contribution is -2.38. The van der Waals surface area contributed by atoms with E-state index in [0.717, 1.165) is 24.3 Å². The Hall–Kier alpha value is -0.500. The van der Waals surface area contributed by atoms with Crippen molar-refractivity contribution < 1.29 is 12.8 Å². The first-order valence-corrected chi connectivity index (χ1v) is 9.95. The van der Waals surface area contributed by atoms with E-state index >= 15 is 0 Å². The molecule has 21 heavy (non-hydrogen) atoms. The van der Waals surface area contributed by atoms with Crippen LogP contribution in [0.15, 0.2) is 15.4 Å². The quantitative estimate of drug-likeness (QED) is 0.836. The number of thioether (sulfide) groups is 1. The summed E-state index contributed by atoms with van der Waals surface area (Å²) in [4.78, 5) is 0.263. The van der Waals surface area contributed by atoms with Crippen LogP contribution in [0, 0.1) is 6.92 Å². The molecule has 1 atom stereocenters. The summed E-state index contributed by atoms with van der Waals surface area (Å²) in [7, 11) is -3.49. The lowest BCUT2D eigenvalue weighted by atomic mass is 10.2. The van der Waals surface area contributed by atoms with Crippen LogP contribution in [0.5, 0.6) is 0 Å². The number of hydrogen-bond donors (Lipinski definition) is 2.